The summed E-state index contributed by atoms with van der Waals surface area (Å²) in [6.07, 6.45) is -3.47. The maximum atomic E-state index is 12.7. The summed E-state index contributed by atoms with van der Waals surface area (Å²) < 4.78 is 75.8. The molecular weight excluding hydrogens is 410 g/mol. The highest BCUT2D eigenvalue weighted by Gasteiger charge is 2.37. The van der Waals surface area contributed by atoms with Gasteiger partial charge in [0.2, 0.25) is 5.96 Å². The molecule has 1 aliphatic carbocycles. The predicted molar refractivity (Wildman–Crippen MR) is 104 cm³/mol. The van der Waals surface area contributed by atoms with E-state index in [-0.39, 0.29) is 12.4 Å². The lowest BCUT2D eigenvalue weighted by atomic mass is 9.93. The molecule has 3 N–H and O–H groups in total. The van der Waals surface area contributed by atoms with Gasteiger partial charge in [0.1, 0.15) is 0 Å². The Morgan fingerprint density at radius 2 is 1.73 bits per heavy atom. The van der Waals surface area contributed by atoms with Crippen LogP contribution in [0.15, 0.2) is 69.9 Å². The normalized spacial score (nSPS) is 19.0. The SMILES string of the molecule is CC(=CN=C(N)NN=C(C)c1ccc(C(F)(F)F)cc1)C1=CCC(C(F)(F)F)C=C1. The van der Waals surface area contributed by atoms with Gasteiger partial charge in [0, 0.05) is 6.20 Å². The average molecular weight is 430 g/mol. The largest absolute Gasteiger partial charge is 0.416 e. The van der Waals surface area contributed by atoms with E-state index in [0.717, 1.165) is 18.2 Å². The minimum Gasteiger partial charge on any atom is -0.368 e. The summed E-state index contributed by atoms with van der Waals surface area (Å²) in [6, 6.07) is 4.48. The second-order valence-electron chi connectivity index (χ2n) is 6.61. The summed E-state index contributed by atoms with van der Waals surface area (Å²) in [5, 5.41) is 3.96. The van der Waals surface area contributed by atoms with Crippen molar-refractivity contribution in [3.63, 3.8) is 0 Å². The first-order valence-electron chi connectivity index (χ1n) is 8.81. The molecule has 1 atom stereocenters. The number of nitrogens with zero attached hydrogens (tertiary/aromatic N) is 2. The summed E-state index contributed by atoms with van der Waals surface area (Å²) in [5.41, 5.74) is 9.47. The van der Waals surface area contributed by atoms with Gasteiger partial charge in [-0.25, -0.2) is 10.4 Å². The quantitative estimate of drug-likeness (QED) is 0.295. The van der Waals surface area contributed by atoms with Crippen molar-refractivity contribution >= 4 is 11.7 Å². The van der Waals surface area contributed by atoms with Crippen molar-refractivity contribution in [2.75, 3.05) is 0 Å². The number of allylic oxidation sites excluding steroid dienone is 5. The van der Waals surface area contributed by atoms with Crippen LogP contribution in [-0.2, 0) is 6.18 Å². The zero-order valence-corrected chi connectivity index (χ0v) is 16.1. The van der Waals surface area contributed by atoms with Gasteiger partial charge >= 0.3 is 12.4 Å². The Morgan fingerprint density at radius 1 is 1.10 bits per heavy atom. The Morgan fingerprint density at radius 3 is 2.23 bits per heavy atom. The summed E-state index contributed by atoms with van der Waals surface area (Å²) in [6.45, 7) is 3.26. The van der Waals surface area contributed by atoms with Gasteiger partial charge in [-0.3, -0.25) is 0 Å². The number of guanidine groups is 1. The average Bonchev–Trinajstić information content (AvgIpc) is 2.69. The highest BCUT2D eigenvalue weighted by atomic mass is 19.4. The number of alkyl halides is 6. The Bertz CT molecular complexity index is 903. The number of aliphatic imine (C=N–C) groups is 1. The van der Waals surface area contributed by atoms with Crippen LogP contribution < -0.4 is 11.2 Å². The molecule has 162 valence electrons. The third-order valence-electron chi connectivity index (χ3n) is 4.34. The molecular formula is C20H20F6N4. The number of halogens is 6. The lowest BCUT2D eigenvalue weighted by molar-refractivity contribution is -0.160. The van der Waals surface area contributed by atoms with Crippen LogP contribution >= 0.6 is 0 Å². The topological polar surface area (TPSA) is 62.8 Å². The molecule has 0 bridgehead atoms. The summed E-state index contributed by atoms with van der Waals surface area (Å²) >= 11 is 0. The molecule has 1 unspecified atom stereocenters. The zero-order chi connectivity index (χ0) is 22.5. The Hall–Kier alpha value is -3.04. The molecule has 0 amide bonds. The second kappa shape index (κ2) is 9.19. The molecule has 0 fully saturated rings. The van der Waals surface area contributed by atoms with Gasteiger partial charge in [0.25, 0.3) is 0 Å². The number of rotatable bonds is 4. The number of nitrogens with one attached hydrogen (secondary N) is 1. The highest BCUT2D eigenvalue weighted by Crippen LogP contribution is 2.34. The predicted octanol–water partition coefficient (Wildman–Crippen LogP) is 5.30. The second-order valence-corrected chi connectivity index (χ2v) is 6.61. The van der Waals surface area contributed by atoms with Crippen LogP contribution in [-0.4, -0.2) is 17.8 Å². The Labute approximate surface area is 169 Å². The molecule has 30 heavy (non-hydrogen) atoms. The maximum Gasteiger partial charge on any atom is 0.416 e. The van der Waals surface area contributed by atoms with Crippen LogP contribution in [0, 0.1) is 5.92 Å². The first-order chi connectivity index (χ1) is 13.9. The lowest BCUT2D eigenvalue weighted by Gasteiger charge is -2.19. The summed E-state index contributed by atoms with van der Waals surface area (Å²) in [5.74, 6) is -1.58. The molecule has 10 heteroatoms. The summed E-state index contributed by atoms with van der Waals surface area (Å²) in [4.78, 5) is 3.95. The lowest BCUT2D eigenvalue weighted by Crippen LogP contribution is -2.27. The molecule has 1 aromatic carbocycles. The number of hydrazone groups is 1. The molecule has 0 heterocycles. The third-order valence-corrected chi connectivity index (χ3v) is 4.34. The van der Waals surface area contributed by atoms with Crippen molar-refractivity contribution in [3.05, 3.63) is 71.0 Å². The van der Waals surface area contributed by atoms with Crippen LogP contribution in [0.5, 0.6) is 0 Å². The van der Waals surface area contributed by atoms with E-state index >= 15 is 0 Å². The van der Waals surface area contributed by atoms with Gasteiger partial charge < -0.3 is 5.73 Å². The van der Waals surface area contributed by atoms with E-state index in [1.165, 1.54) is 30.5 Å². The zero-order valence-electron chi connectivity index (χ0n) is 16.1. The maximum absolute atomic E-state index is 12.7. The van der Waals surface area contributed by atoms with Crippen molar-refractivity contribution in [1.82, 2.24) is 5.43 Å². The van der Waals surface area contributed by atoms with E-state index in [2.05, 4.69) is 15.5 Å². The smallest absolute Gasteiger partial charge is 0.368 e. The number of nitrogens with two attached hydrogens (primary N) is 1. The standard InChI is InChI=1S/C20H20F6N4/c1-12(14-3-7-16(8-4-14)19(21,22)23)11-28-18(27)30-29-13(2)15-5-9-17(10-6-15)20(24,25)26/h3-7,9-11,16H,8H2,1-2H3,(H3,27,28,30). The van der Waals surface area contributed by atoms with Gasteiger partial charge in [-0.15, -0.1) is 0 Å². The number of hydrogen-bond donors (Lipinski definition) is 2. The molecule has 2 rings (SSSR count). The highest BCUT2D eigenvalue weighted by molar-refractivity contribution is 5.99. The number of benzene rings is 1. The van der Waals surface area contributed by atoms with Crippen LogP contribution in [0.25, 0.3) is 0 Å². The Balaban J connectivity index is 1.99. The fraction of sp³-hybridized carbons (Fsp3) is 0.300. The minimum atomic E-state index is -4.42. The van der Waals surface area contributed by atoms with E-state index in [1.807, 2.05) is 0 Å². The van der Waals surface area contributed by atoms with Crippen LogP contribution in [0.2, 0.25) is 0 Å². The number of hydrogen-bond acceptors (Lipinski definition) is 2. The first-order valence-corrected chi connectivity index (χ1v) is 8.81. The molecule has 0 radical (unpaired) electrons. The van der Waals surface area contributed by atoms with E-state index in [9.17, 15) is 26.3 Å². The van der Waals surface area contributed by atoms with E-state index in [1.54, 1.807) is 13.8 Å². The molecule has 0 aromatic heterocycles. The van der Waals surface area contributed by atoms with Crippen molar-refractivity contribution in [2.45, 2.75) is 32.6 Å². The molecule has 4 nitrogen and oxygen atoms in total. The Kier molecular flexibility index (Phi) is 7.12. The molecule has 1 aliphatic rings. The van der Waals surface area contributed by atoms with Gasteiger partial charge in [0.05, 0.1) is 17.2 Å². The van der Waals surface area contributed by atoms with Gasteiger partial charge in [0.15, 0.2) is 0 Å². The summed E-state index contributed by atoms with van der Waals surface area (Å²) in [7, 11) is 0. The van der Waals surface area contributed by atoms with Gasteiger partial charge in [-0.1, -0.05) is 30.4 Å². The molecule has 1 aromatic rings. The van der Waals surface area contributed by atoms with Crippen molar-refractivity contribution < 1.29 is 26.3 Å². The van der Waals surface area contributed by atoms with Crippen molar-refractivity contribution in [3.8, 4) is 0 Å². The third kappa shape index (κ3) is 6.50. The van der Waals surface area contributed by atoms with Crippen molar-refractivity contribution in [1.29, 1.82) is 0 Å². The monoisotopic (exact) mass is 430 g/mol. The molecule has 0 spiro atoms. The van der Waals surface area contributed by atoms with E-state index < -0.39 is 23.8 Å². The van der Waals surface area contributed by atoms with Gasteiger partial charge in [-0.2, -0.15) is 31.4 Å². The van der Waals surface area contributed by atoms with Crippen LogP contribution in [0.3, 0.4) is 0 Å². The van der Waals surface area contributed by atoms with E-state index in [4.69, 9.17) is 5.73 Å². The molecule has 0 aliphatic heterocycles. The van der Waals surface area contributed by atoms with Gasteiger partial charge in [-0.05, 0) is 49.1 Å². The van der Waals surface area contributed by atoms with E-state index in [0.29, 0.717) is 22.4 Å². The molecule has 0 saturated carbocycles. The minimum absolute atomic E-state index is 0.0887. The van der Waals surface area contributed by atoms with Crippen molar-refractivity contribution in [2.24, 2.45) is 21.7 Å². The van der Waals surface area contributed by atoms with Crippen LogP contribution in [0.4, 0.5) is 26.3 Å². The molecule has 0 saturated heterocycles. The fourth-order valence-corrected chi connectivity index (χ4v) is 2.53. The fourth-order valence-electron chi connectivity index (χ4n) is 2.53. The first kappa shape index (κ1) is 23.2. The van der Waals surface area contributed by atoms with Crippen LogP contribution in [0.1, 0.15) is 31.4 Å².